The lowest BCUT2D eigenvalue weighted by atomic mass is 10.1. The summed E-state index contributed by atoms with van der Waals surface area (Å²) in [5, 5.41) is 7.94. The van der Waals surface area contributed by atoms with E-state index in [0.717, 1.165) is 0 Å². The molecule has 0 fully saturated rings. The van der Waals surface area contributed by atoms with Gasteiger partial charge in [-0.3, -0.25) is 14.4 Å². The van der Waals surface area contributed by atoms with Gasteiger partial charge in [-0.25, -0.2) is 0 Å². The van der Waals surface area contributed by atoms with Crippen LogP contribution in [0.15, 0.2) is 42.5 Å². The zero-order chi connectivity index (χ0) is 19.4. The van der Waals surface area contributed by atoms with Crippen LogP contribution < -0.4 is 25.4 Å². The first kappa shape index (κ1) is 18.2. The number of carbonyl (C=O) groups excluding carboxylic acids is 3. The number of carbonyl (C=O) groups is 3. The molecule has 1 aliphatic rings. The number of amides is 3. The van der Waals surface area contributed by atoms with Crippen molar-refractivity contribution >= 4 is 29.1 Å². The highest BCUT2D eigenvalue weighted by Gasteiger charge is 2.29. The Bertz CT molecular complexity index is 897. The highest BCUT2D eigenvalue weighted by molar-refractivity contribution is 6.11. The number of fused-ring (bicyclic) bond motifs is 1. The van der Waals surface area contributed by atoms with Gasteiger partial charge < -0.3 is 25.4 Å². The highest BCUT2D eigenvalue weighted by atomic mass is 16.5. The molecule has 8 heteroatoms. The van der Waals surface area contributed by atoms with Crippen LogP contribution in [0.5, 0.6) is 11.5 Å². The number of benzene rings is 2. The van der Waals surface area contributed by atoms with E-state index in [4.69, 9.17) is 9.47 Å². The minimum atomic E-state index is -0.999. The molecule has 0 aromatic heterocycles. The van der Waals surface area contributed by atoms with Crippen molar-refractivity contribution < 1.29 is 23.9 Å². The van der Waals surface area contributed by atoms with E-state index in [1.807, 2.05) is 0 Å². The summed E-state index contributed by atoms with van der Waals surface area (Å²) in [6.45, 7) is 0. The largest absolute Gasteiger partial charge is 0.497 e. The van der Waals surface area contributed by atoms with Gasteiger partial charge in [0.2, 0.25) is 11.8 Å². The topological polar surface area (TPSA) is 106 Å². The van der Waals surface area contributed by atoms with Crippen LogP contribution in [0.1, 0.15) is 16.8 Å². The monoisotopic (exact) mass is 369 g/mol. The normalized spacial score (nSPS) is 15.7. The third-order valence-electron chi connectivity index (χ3n) is 4.12. The van der Waals surface area contributed by atoms with Crippen molar-refractivity contribution in [3.63, 3.8) is 0 Å². The minimum Gasteiger partial charge on any atom is -0.497 e. The van der Waals surface area contributed by atoms with Gasteiger partial charge in [-0.1, -0.05) is 12.1 Å². The standard InChI is InChI=1S/C19H19N3O5/c1-26-11-7-8-16(27-2)14(9-11)20-17(23)10-15-19(25)21-13-6-4-3-5-12(13)18(24)22-15/h3-9,15H,10H2,1-2H3,(H,20,23)(H,21,25)(H,22,24)/t15-/m1/s1. The predicted molar refractivity (Wildman–Crippen MR) is 99.1 cm³/mol. The van der Waals surface area contributed by atoms with Crippen LogP contribution in [0.2, 0.25) is 0 Å². The lowest BCUT2D eigenvalue weighted by Gasteiger charge is -2.16. The van der Waals surface area contributed by atoms with Gasteiger partial charge in [0.15, 0.2) is 0 Å². The summed E-state index contributed by atoms with van der Waals surface area (Å²) >= 11 is 0. The summed E-state index contributed by atoms with van der Waals surface area (Å²) in [6.07, 6.45) is -0.230. The lowest BCUT2D eigenvalue weighted by molar-refractivity contribution is -0.122. The second-order valence-corrected chi connectivity index (χ2v) is 5.88. The predicted octanol–water partition coefficient (Wildman–Crippen LogP) is 1.78. The van der Waals surface area contributed by atoms with Crippen molar-refractivity contribution in [1.82, 2.24) is 5.32 Å². The van der Waals surface area contributed by atoms with Gasteiger partial charge in [0, 0.05) is 6.07 Å². The molecule has 1 aliphatic heterocycles. The van der Waals surface area contributed by atoms with E-state index < -0.39 is 23.8 Å². The number of hydrogen-bond acceptors (Lipinski definition) is 5. The molecule has 2 aromatic rings. The van der Waals surface area contributed by atoms with Crippen molar-refractivity contribution in [2.24, 2.45) is 0 Å². The zero-order valence-electron chi connectivity index (χ0n) is 14.9. The maximum absolute atomic E-state index is 12.4. The molecule has 0 unspecified atom stereocenters. The second-order valence-electron chi connectivity index (χ2n) is 5.88. The fraction of sp³-hybridized carbons (Fsp3) is 0.211. The quantitative estimate of drug-likeness (QED) is 0.745. The average molecular weight is 369 g/mol. The van der Waals surface area contributed by atoms with Crippen molar-refractivity contribution in [2.75, 3.05) is 24.9 Å². The van der Waals surface area contributed by atoms with E-state index in [1.54, 1.807) is 42.5 Å². The average Bonchev–Trinajstić information content (AvgIpc) is 2.78. The van der Waals surface area contributed by atoms with E-state index in [9.17, 15) is 14.4 Å². The summed E-state index contributed by atoms with van der Waals surface area (Å²) in [5.74, 6) is -0.331. The first-order valence-corrected chi connectivity index (χ1v) is 8.24. The number of anilines is 2. The van der Waals surface area contributed by atoms with Crippen LogP contribution in [0.25, 0.3) is 0 Å². The minimum absolute atomic E-state index is 0.230. The van der Waals surface area contributed by atoms with Crippen LogP contribution >= 0.6 is 0 Å². The first-order valence-electron chi connectivity index (χ1n) is 8.24. The molecular weight excluding hydrogens is 350 g/mol. The van der Waals surface area contributed by atoms with Gasteiger partial charge in [0.05, 0.1) is 37.6 Å². The Labute approximate surface area is 155 Å². The molecular formula is C19H19N3O5. The van der Waals surface area contributed by atoms with Gasteiger partial charge in [-0.2, -0.15) is 0 Å². The smallest absolute Gasteiger partial charge is 0.254 e. The molecule has 3 rings (SSSR count). The van der Waals surface area contributed by atoms with E-state index in [0.29, 0.717) is 28.4 Å². The Kier molecular flexibility index (Phi) is 5.25. The zero-order valence-corrected chi connectivity index (χ0v) is 14.9. The fourth-order valence-corrected chi connectivity index (χ4v) is 2.75. The number of rotatable bonds is 5. The SMILES string of the molecule is COc1ccc(OC)c(NC(=O)C[C@H]2NC(=O)c3ccccc3NC2=O)c1. The Morgan fingerprint density at radius 1 is 1.11 bits per heavy atom. The first-order chi connectivity index (χ1) is 13.0. The van der Waals surface area contributed by atoms with Crippen LogP contribution in [0, 0.1) is 0 Å². The molecule has 3 amide bonds. The van der Waals surface area contributed by atoms with Gasteiger partial charge in [-0.05, 0) is 24.3 Å². The van der Waals surface area contributed by atoms with Gasteiger partial charge in [0.1, 0.15) is 17.5 Å². The van der Waals surface area contributed by atoms with Crippen molar-refractivity contribution in [3.05, 3.63) is 48.0 Å². The maximum Gasteiger partial charge on any atom is 0.254 e. The molecule has 0 saturated heterocycles. The molecule has 0 saturated carbocycles. The number of nitrogens with one attached hydrogen (secondary N) is 3. The molecule has 0 bridgehead atoms. The number of ether oxygens (including phenoxy) is 2. The summed E-state index contributed by atoms with van der Waals surface area (Å²) in [7, 11) is 2.99. The molecule has 2 aromatic carbocycles. The molecule has 140 valence electrons. The van der Waals surface area contributed by atoms with Gasteiger partial charge in [0.25, 0.3) is 5.91 Å². The van der Waals surface area contributed by atoms with E-state index in [-0.39, 0.29) is 6.42 Å². The van der Waals surface area contributed by atoms with Gasteiger partial charge in [-0.15, -0.1) is 0 Å². The Hall–Kier alpha value is -3.55. The van der Waals surface area contributed by atoms with Crippen LogP contribution in [0.3, 0.4) is 0 Å². The lowest BCUT2D eigenvalue weighted by Crippen LogP contribution is -2.43. The second kappa shape index (κ2) is 7.77. The van der Waals surface area contributed by atoms with Gasteiger partial charge >= 0.3 is 0 Å². The summed E-state index contributed by atoms with van der Waals surface area (Å²) in [4.78, 5) is 37.1. The molecule has 0 radical (unpaired) electrons. The number of hydrogen-bond donors (Lipinski definition) is 3. The molecule has 0 aliphatic carbocycles. The van der Waals surface area contributed by atoms with E-state index >= 15 is 0 Å². The Morgan fingerprint density at radius 2 is 1.89 bits per heavy atom. The molecule has 3 N–H and O–H groups in total. The van der Waals surface area contributed by atoms with E-state index in [2.05, 4.69) is 16.0 Å². The Morgan fingerprint density at radius 3 is 2.63 bits per heavy atom. The maximum atomic E-state index is 12.4. The number of para-hydroxylation sites is 1. The van der Waals surface area contributed by atoms with E-state index in [1.165, 1.54) is 14.2 Å². The molecule has 0 spiro atoms. The van der Waals surface area contributed by atoms with Crippen molar-refractivity contribution in [1.29, 1.82) is 0 Å². The van der Waals surface area contributed by atoms with Crippen molar-refractivity contribution in [2.45, 2.75) is 12.5 Å². The summed E-state index contributed by atoms with van der Waals surface area (Å²) in [5.41, 5.74) is 1.17. The molecule has 27 heavy (non-hydrogen) atoms. The molecule has 8 nitrogen and oxygen atoms in total. The number of methoxy groups -OCH3 is 2. The fourth-order valence-electron chi connectivity index (χ4n) is 2.75. The third kappa shape index (κ3) is 4.00. The van der Waals surface area contributed by atoms with Crippen LogP contribution in [0.4, 0.5) is 11.4 Å². The summed E-state index contributed by atoms with van der Waals surface area (Å²) < 4.78 is 10.4. The van der Waals surface area contributed by atoms with Crippen LogP contribution in [-0.2, 0) is 9.59 Å². The third-order valence-corrected chi connectivity index (χ3v) is 4.12. The van der Waals surface area contributed by atoms with Crippen molar-refractivity contribution in [3.8, 4) is 11.5 Å². The highest BCUT2D eigenvalue weighted by Crippen LogP contribution is 2.29. The molecule has 1 heterocycles. The Balaban J connectivity index is 1.73. The molecule has 1 atom stereocenters. The summed E-state index contributed by atoms with van der Waals surface area (Å²) in [6, 6.07) is 10.6. The van der Waals surface area contributed by atoms with Crippen LogP contribution in [-0.4, -0.2) is 38.0 Å².